The van der Waals surface area contributed by atoms with Crippen molar-refractivity contribution in [1.29, 1.82) is 0 Å². The van der Waals surface area contributed by atoms with Gasteiger partial charge in [-0.2, -0.15) is 0 Å². The van der Waals surface area contributed by atoms with Gasteiger partial charge in [-0.15, -0.1) is 0 Å². The van der Waals surface area contributed by atoms with Crippen molar-refractivity contribution in [3.63, 3.8) is 0 Å². The van der Waals surface area contributed by atoms with E-state index in [-0.39, 0.29) is 24.7 Å². The molecule has 0 fully saturated rings. The van der Waals surface area contributed by atoms with Crippen molar-refractivity contribution < 1.29 is 19.9 Å². The van der Waals surface area contributed by atoms with Gasteiger partial charge in [-0.25, -0.2) is 0 Å². The second-order valence-corrected chi connectivity index (χ2v) is 7.00. The molecule has 2 aromatic rings. The molecule has 0 radical (unpaired) electrons. The maximum Gasteiger partial charge on any atom is 0.269 e. The number of benzene rings is 2. The van der Waals surface area contributed by atoms with E-state index in [1.54, 1.807) is 12.1 Å². The molecule has 2 N–H and O–H groups in total. The van der Waals surface area contributed by atoms with E-state index < -0.39 is 10.8 Å². The number of allylic oxidation sites excluding steroid dienone is 2. The number of non-ortho nitro benzene ring substituents is 1. The van der Waals surface area contributed by atoms with Crippen molar-refractivity contribution in [3.8, 4) is 0 Å². The third-order valence-corrected chi connectivity index (χ3v) is 5.43. The average molecular weight is 380 g/mol. The van der Waals surface area contributed by atoms with E-state index >= 15 is 0 Å². The summed E-state index contributed by atoms with van der Waals surface area (Å²) in [6.07, 6.45) is 0.972. The first kappa shape index (κ1) is 18.3. The Bertz CT molecular complexity index is 998. The molecule has 144 valence electrons. The Morgan fingerprint density at radius 1 is 1.14 bits per heavy atom. The zero-order valence-corrected chi connectivity index (χ0v) is 15.2. The van der Waals surface area contributed by atoms with Gasteiger partial charge in [-0.05, 0) is 29.2 Å². The Balaban J connectivity index is 1.97. The van der Waals surface area contributed by atoms with Gasteiger partial charge in [0.1, 0.15) is 0 Å². The maximum absolute atomic E-state index is 12.8. The number of Topliss-reactive ketones (excluding diaryl/α,β-unsaturated/α-hetero) is 1. The number of aliphatic hydroxyl groups excluding tert-OH is 2. The zero-order chi connectivity index (χ0) is 19.8. The van der Waals surface area contributed by atoms with Gasteiger partial charge in [-0.1, -0.05) is 24.3 Å². The molecular formula is C21H20N2O5. The van der Waals surface area contributed by atoms with E-state index in [1.165, 1.54) is 12.1 Å². The van der Waals surface area contributed by atoms with Crippen LogP contribution in [0.15, 0.2) is 53.7 Å². The first-order valence-corrected chi connectivity index (χ1v) is 9.17. The van der Waals surface area contributed by atoms with Crippen LogP contribution in [0.5, 0.6) is 0 Å². The first-order valence-electron chi connectivity index (χ1n) is 9.17. The van der Waals surface area contributed by atoms with Crippen molar-refractivity contribution in [1.82, 2.24) is 0 Å². The monoisotopic (exact) mass is 380 g/mol. The lowest BCUT2D eigenvalue weighted by molar-refractivity contribution is -0.384. The van der Waals surface area contributed by atoms with Crippen LogP contribution >= 0.6 is 0 Å². The van der Waals surface area contributed by atoms with Crippen LogP contribution in [0, 0.1) is 10.1 Å². The van der Waals surface area contributed by atoms with Crippen molar-refractivity contribution >= 4 is 17.2 Å². The molecule has 4 rings (SSSR count). The Kier molecular flexibility index (Phi) is 4.70. The lowest BCUT2D eigenvalue weighted by Gasteiger charge is -2.37. The summed E-state index contributed by atoms with van der Waals surface area (Å²) in [6.45, 7) is 0.154. The first-order chi connectivity index (χ1) is 13.5. The van der Waals surface area contributed by atoms with Crippen molar-refractivity contribution in [2.24, 2.45) is 0 Å². The van der Waals surface area contributed by atoms with E-state index in [0.717, 1.165) is 16.9 Å². The second-order valence-electron chi connectivity index (χ2n) is 7.00. The maximum atomic E-state index is 12.8. The number of ketones is 1. The second kappa shape index (κ2) is 7.18. The third kappa shape index (κ3) is 2.89. The van der Waals surface area contributed by atoms with E-state index in [9.17, 15) is 25.1 Å². The van der Waals surface area contributed by atoms with Crippen LogP contribution in [0.1, 0.15) is 35.4 Å². The minimum Gasteiger partial charge on any atom is -0.395 e. The van der Waals surface area contributed by atoms with Gasteiger partial charge >= 0.3 is 0 Å². The number of fused-ring (bicyclic) bond motifs is 1. The molecule has 7 nitrogen and oxygen atoms in total. The van der Waals surface area contributed by atoms with Crippen LogP contribution in [-0.4, -0.2) is 34.1 Å². The molecule has 0 bridgehead atoms. The van der Waals surface area contributed by atoms with Crippen molar-refractivity contribution in [2.45, 2.75) is 25.4 Å². The molecule has 2 aromatic carbocycles. The van der Waals surface area contributed by atoms with E-state index in [1.807, 2.05) is 23.1 Å². The lowest BCUT2D eigenvalue weighted by atomic mass is 9.79. The highest BCUT2D eigenvalue weighted by molar-refractivity contribution is 6.03. The standard InChI is InChI=1S/C21H20N2O5/c24-9-8-22-17-5-4-13(12-25)10-16(17)20(21-18(22)6-7-19(21)26)14-2-1-3-15(11-14)23(27)28/h1-5,10-11,20,24-25H,6-9,12H2. The summed E-state index contributed by atoms with van der Waals surface area (Å²) in [5.41, 5.74) is 4.54. The van der Waals surface area contributed by atoms with Crippen LogP contribution in [0.4, 0.5) is 11.4 Å². The van der Waals surface area contributed by atoms with Crippen molar-refractivity contribution in [3.05, 3.63) is 80.5 Å². The van der Waals surface area contributed by atoms with Gasteiger partial charge in [0.05, 0.1) is 18.1 Å². The number of hydrogen-bond donors (Lipinski definition) is 2. The normalized spacial score (nSPS) is 18.3. The quantitative estimate of drug-likeness (QED) is 0.610. The third-order valence-electron chi connectivity index (χ3n) is 5.43. The fourth-order valence-electron chi connectivity index (χ4n) is 4.27. The number of β-amino-alcohol motifs (C(OH)–C–C–N with tert-alkyl or cyclic N) is 1. The molecule has 1 aliphatic heterocycles. The number of hydrogen-bond acceptors (Lipinski definition) is 6. The van der Waals surface area contributed by atoms with Crippen molar-refractivity contribution in [2.75, 3.05) is 18.1 Å². The lowest BCUT2D eigenvalue weighted by Crippen LogP contribution is -2.32. The van der Waals surface area contributed by atoms with E-state index in [0.29, 0.717) is 36.1 Å². The number of aliphatic hydroxyl groups is 2. The SMILES string of the molecule is O=C1CCC2=C1C(c1cccc([N+](=O)[O-])c1)c1cc(CO)ccc1N2CCO. The molecule has 2 aliphatic rings. The summed E-state index contributed by atoms with van der Waals surface area (Å²) < 4.78 is 0. The van der Waals surface area contributed by atoms with E-state index in [2.05, 4.69) is 0 Å². The largest absolute Gasteiger partial charge is 0.395 e. The number of nitrogens with zero attached hydrogens (tertiary/aromatic N) is 2. The summed E-state index contributed by atoms with van der Waals surface area (Å²) >= 11 is 0. The minimum absolute atomic E-state index is 0.0227. The van der Waals surface area contributed by atoms with Gasteiger partial charge < -0.3 is 15.1 Å². The molecule has 0 amide bonds. The average Bonchev–Trinajstić information content (AvgIpc) is 3.09. The number of carbonyl (C=O) groups is 1. The number of carbonyl (C=O) groups excluding carboxylic acids is 1. The molecule has 7 heteroatoms. The molecule has 28 heavy (non-hydrogen) atoms. The Labute approximate surface area is 161 Å². The predicted molar refractivity (Wildman–Crippen MR) is 103 cm³/mol. The Hall–Kier alpha value is -3.03. The molecule has 1 aliphatic carbocycles. The van der Waals surface area contributed by atoms with Crippen LogP contribution in [-0.2, 0) is 11.4 Å². The predicted octanol–water partition coefficient (Wildman–Crippen LogP) is 2.65. The molecule has 0 saturated heterocycles. The van der Waals surface area contributed by atoms with Crippen LogP contribution in [0.2, 0.25) is 0 Å². The van der Waals surface area contributed by atoms with Gasteiger partial charge in [0.25, 0.3) is 5.69 Å². The molecular weight excluding hydrogens is 360 g/mol. The summed E-state index contributed by atoms with van der Waals surface area (Å²) in [5.74, 6) is -0.407. The number of nitro groups is 1. The molecule has 0 saturated carbocycles. The zero-order valence-electron chi connectivity index (χ0n) is 15.2. The Morgan fingerprint density at radius 3 is 2.68 bits per heavy atom. The van der Waals surface area contributed by atoms with Crippen LogP contribution < -0.4 is 4.90 Å². The molecule has 1 atom stereocenters. The smallest absolute Gasteiger partial charge is 0.269 e. The minimum atomic E-state index is -0.443. The topological polar surface area (TPSA) is 104 Å². The molecule has 1 heterocycles. The molecule has 1 unspecified atom stereocenters. The van der Waals surface area contributed by atoms with E-state index in [4.69, 9.17) is 0 Å². The van der Waals surface area contributed by atoms with Crippen LogP contribution in [0.25, 0.3) is 0 Å². The fourth-order valence-corrected chi connectivity index (χ4v) is 4.27. The van der Waals surface area contributed by atoms with Gasteiger partial charge in [-0.3, -0.25) is 14.9 Å². The summed E-state index contributed by atoms with van der Waals surface area (Å²) in [7, 11) is 0. The van der Waals surface area contributed by atoms with Gasteiger partial charge in [0.2, 0.25) is 0 Å². The highest BCUT2D eigenvalue weighted by atomic mass is 16.6. The fraction of sp³-hybridized carbons (Fsp3) is 0.286. The summed E-state index contributed by atoms with van der Waals surface area (Å²) in [6, 6.07) is 11.9. The summed E-state index contributed by atoms with van der Waals surface area (Å²) in [4.78, 5) is 25.6. The molecule has 0 spiro atoms. The number of anilines is 1. The Morgan fingerprint density at radius 2 is 1.96 bits per heavy atom. The van der Waals surface area contributed by atoms with Gasteiger partial charge in [0, 0.05) is 48.0 Å². The number of rotatable bonds is 5. The van der Waals surface area contributed by atoms with Crippen LogP contribution in [0.3, 0.4) is 0 Å². The van der Waals surface area contributed by atoms with Gasteiger partial charge in [0.15, 0.2) is 5.78 Å². The highest BCUT2D eigenvalue weighted by Gasteiger charge is 2.40. The molecule has 0 aromatic heterocycles. The number of nitro benzene ring substituents is 1. The summed E-state index contributed by atoms with van der Waals surface area (Å²) in [5, 5.41) is 30.4. The highest BCUT2D eigenvalue weighted by Crippen LogP contribution is 2.49.